The molecule has 2 rings (SSSR count). The fraction of sp³-hybridized carbons (Fsp3) is 0.308. The molecular formula is C13H14O4. The van der Waals surface area contributed by atoms with Crippen molar-refractivity contribution in [2.45, 2.75) is 26.2 Å². The zero-order valence-corrected chi connectivity index (χ0v) is 9.56. The van der Waals surface area contributed by atoms with Crippen LogP contribution in [0.1, 0.15) is 24.5 Å². The first-order valence-electron chi connectivity index (χ1n) is 5.56. The van der Waals surface area contributed by atoms with Gasteiger partial charge in [-0.2, -0.15) is 0 Å². The van der Waals surface area contributed by atoms with Gasteiger partial charge in [-0.1, -0.05) is 13.3 Å². The van der Waals surface area contributed by atoms with Crippen LogP contribution in [0.3, 0.4) is 0 Å². The summed E-state index contributed by atoms with van der Waals surface area (Å²) in [6.07, 6.45) is 2.99. The van der Waals surface area contributed by atoms with Crippen LogP contribution in [0.2, 0.25) is 0 Å². The van der Waals surface area contributed by atoms with Crippen molar-refractivity contribution < 1.29 is 19.4 Å². The fourth-order valence-corrected chi connectivity index (χ4v) is 1.99. The van der Waals surface area contributed by atoms with Gasteiger partial charge in [0, 0.05) is 16.5 Å². The quantitative estimate of drug-likeness (QED) is 0.853. The molecule has 90 valence electrons. The van der Waals surface area contributed by atoms with Crippen molar-refractivity contribution in [2.75, 3.05) is 0 Å². The van der Waals surface area contributed by atoms with Crippen LogP contribution in [0.15, 0.2) is 22.8 Å². The summed E-state index contributed by atoms with van der Waals surface area (Å²) in [5.41, 5.74) is 1.99. The van der Waals surface area contributed by atoms with Gasteiger partial charge in [0.05, 0.1) is 12.7 Å². The third-order valence-corrected chi connectivity index (χ3v) is 2.74. The van der Waals surface area contributed by atoms with E-state index in [-0.39, 0.29) is 12.2 Å². The molecule has 0 fully saturated rings. The highest BCUT2D eigenvalue weighted by atomic mass is 16.4. The number of hydrogen-bond acceptors (Lipinski definition) is 3. The second-order valence-electron chi connectivity index (χ2n) is 4.02. The first kappa shape index (κ1) is 11.5. The molecule has 0 aliphatic heterocycles. The Hall–Kier alpha value is -1.97. The van der Waals surface area contributed by atoms with Gasteiger partial charge in [0.1, 0.15) is 11.3 Å². The van der Waals surface area contributed by atoms with Crippen molar-refractivity contribution in [3.05, 3.63) is 29.5 Å². The van der Waals surface area contributed by atoms with Crippen LogP contribution in [0.4, 0.5) is 0 Å². The monoisotopic (exact) mass is 234 g/mol. The Labute approximate surface area is 98.5 Å². The molecule has 0 saturated carbocycles. The molecule has 4 nitrogen and oxygen atoms in total. The van der Waals surface area contributed by atoms with E-state index < -0.39 is 5.97 Å². The summed E-state index contributed by atoms with van der Waals surface area (Å²) in [4.78, 5) is 10.7. The fourth-order valence-electron chi connectivity index (χ4n) is 1.99. The zero-order valence-electron chi connectivity index (χ0n) is 9.56. The number of hydrogen-bond donors (Lipinski definition) is 2. The highest BCUT2D eigenvalue weighted by Gasteiger charge is 2.14. The topological polar surface area (TPSA) is 70.7 Å². The van der Waals surface area contributed by atoms with Crippen LogP contribution in [-0.2, 0) is 17.6 Å². The first-order chi connectivity index (χ1) is 8.13. The molecule has 0 aliphatic rings. The normalized spacial score (nSPS) is 10.9. The highest BCUT2D eigenvalue weighted by Crippen LogP contribution is 2.31. The van der Waals surface area contributed by atoms with Crippen LogP contribution in [-0.4, -0.2) is 16.2 Å². The number of carboxylic acid groups (broad SMARTS) is 1. The minimum absolute atomic E-state index is 0.0661. The number of aromatic hydroxyl groups is 1. The molecular weight excluding hydrogens is 220 g/mol. The Kier molecular flexibility index (Phi) is 3.04. The molecule has 0 unspecified atom stereocenters. The van der Waals surface area contributed by atoms with E-state index in [9.17, 15) is 9.90 Å². The number of phenols is 1. The van der Waals surface area contributed by atoms with Gasteiger partial charge in [0.2, 0.25) is 0 Å². The second kappa shape index (κ2) is 4.49. The molecule has 17 heavy (non-hydrogen) atoms. The van der Waals surface area contributed by atoms with E-state index in [0.717, 1.165) is 17.4 Å². The minimum atomic E-state index is -0.891. The molecule has 1 heterocycles. The molecule has 1 aromatic carbocycles. The zero-order chi connectivity index (χ0) is 12.4. The molecule has 0 atom stereocenters. The van der Waals surface area contributed by atoms with Gasteiger partial charge in [0.15, 0.2) is 0 Å². The molecule has 2 N–H and O–H groups in total. The lowest BCUT2D eigenvalue weighted by atomic mass is 10.0. The highest BCUT2D eigenvalue weighted by molar-refractivity contribution is 5.88. The summed E-state index contributed by atoms with van der Waals surface area (Å²) >= 11 is 0. The van der Waals surface area contributed by atoms with Crippen LogP contribution in [0.25, 0.3) is 11.0 Å². The standard InChI is InChI=1S/C13H14O4/c1-2-3-10-11(14)5-4-9-8(6-12(15)16)7-17-13(9)10/h4-5,7,14H,2-3,6H2,1H3,(H,15,16). The SMILES string of the molecule is CCCc1c(O)ccc2c(CC(=O)O)coc12. The number of phenolic OH excluding ortho intramolecular Hbond substituents is 1. The number of rotatable bonds is 4. The van der Waals surface area contributed by atoms with E-state index >= 15 is 0 Å². The van der Waals surface area contributed by atoms with Crippen LogP contribution >= 0.6 is 0 Å². The van der Waals surface area contributed by atoms with Crippen molar-refractivity contribution in [3.63, 3.8) is 0 Å². The maximum atomic E-state index is 10.7. The molecule has 0 spiro atoms. The van der Waals surface area contributed by atoms with Gasteiger partial charge in [-0.15, -0.1) is 0 Å². The van der Waals surface area contributed by atoms with E-state index in [2.05, 4.69) is 0 Å². The van der Waals surface area contributed by atoms with Crippen LogP contribution < -0.4 is 0 Å². The van der Waals surface area contributed by atoms with Gasteiger partial charge in [0.25, 0.3) is 0 Å². The number of benzene rings is 1. The summed E-state index contributed by atoms with van der Waals surface area (Å²) < 4.78 is 5.39. The Balaban J connectivity index is 2.55. The molecule has 0 bridgehead atoms. The molecule has 0 radical (unpaired) electrons. The van der Waals surface area contributed by atoms with Gasteiger partial charge < -0.3 is 14.6 Å². The molecule has 0 amide bonds. The number of aryl methyl sites for hydroxylation is 1. The maximum absolute atomic E-state index is 10.7. The van der Waals surface area contributed by atoms with E-state index in [1.807, 2.05) is 6.92 Å². The average Bonchev–Trinajstić information content (AvgIpc) is 2.65. The summed E-state index contributed by atoms with van der Waals surface area (Å²) in [5.74, 6) is -0.687. The van der Waals surface area contributed by atoms with E-state index in [1.54, 1.807) is 12.1 Å². The summed E-state index contributed by atoms with van der Waals surface area (Å²) in [5, 5.41) is 19.3. The predicted octanol–water partition coefficient (Wildman–Crippen LogP) is 2.72. The van der Waals surface area contributed by atoms with Crippen LogP contribution in [0, 0.1) is 0 Å². The van der Waals surface area contributed by atoms with Crippen molar-refractivity contribution in [3.8, 4) is 5.75 Å². The first-order valence-corrected chi connectivity index (χ1v) is 5.56. The molecule has 2 aromatic rings. The van der Waals surface area contributed by atoms with Crippen molar-refractivity contribution in [1.29, 1.82) is 0 Å². The Bertz CT molecular complexity index is 554. The van der Waals surface area contributed by atoms with Gasteiger partial charge >= 0.3 is 5.97 Å². The summed E-state index contributed by atoms with van der Waals surface area (Å²) in [7, 11) is 0. The lowest BCUT2D eigenvalue weighted by molar-refractivity contribution is -0.136. The van der Waals surface area contributed by atoms with Gasteiger partial charge in [-0.3, -0.25) is 4.79 Å². The predicted molar refractivity (Wildman–Crippen MR) is 63.2 cm³/mol. The maximum Gasteiger partial charge on any atom is 0.307 e. The van der Waals surface area contributed by atoms with Crippen LogP contribution in [0.5, 0.6) is 5.75 Å². The van der Waals surface area contributed by atoms with Gasteiger partial charge in [-0.05, 0) is 18.6 Å². The lowest BCUT2D eigenvalue weighted by Crippen LogP contribution is -1.98. The number of carbonyl (C=O) groups is 1. The Morgan fingerprint density at radius 2 is 2.18 bits per heavy atom. The number of aliphatic carboxylic acids is 1. The lowest BCUT2D eigenvalue weighted by Gasteiger charge is -2.03. The largest absolute Gasteiger partial charge is 0.508 e. The Morgan fingerprint density at radius 3 is 2.82 bits per heavy atom. The van der Waals surface area contributed by atoms with E-state index in [1.165, 1.54) is 6.26 Å². The van der Waals surface area contributed by atoms with E-state index in [0.29, 0.717) is 17.6 Å². The van der Waals surface area contributed by atoms with Crippen molar-refractivity contribution >= 4 is 16.9 Å². The average molecular weight is 234 g/mol. The molecule has 4 heteroatoms. The van der Waals surface area contributed by atoms with Gasteiger partial charge in [-0.25, -0.2) is 0 Å². The molecule has 0 aliphatic carbocycles. The second-order valence-corrected chi connectivity index (χ2v) is 4.02. The third-order valence-electron chi connectivity index (χ3n) is 2.74. The summed E-state index contributed by atoms with van der Waals surface area (Å²) in [6.45, 7) is 2.01. The van der Waals surface area contributed by atoms with E-state index in [4.69, 9.17) is 9.52 Å². The molecule has 0 saturated heterocycles. The third kappa shape index (κ3) is 2.11. The Morgan fingerprint density at radius 1 is 1.41 bits per heavy atom. The number of carboxylic acids is 1. The molecule has 1 aromatic heterocycles. The number of fused-ring (bicyclic) bond motifs is 1. The summed E-state index contributed by atoms with van der Waals surface area (Å²) in [6, 6.07) is 3.29. The number of furan rings is 1. The van der Waals surface area contributed by atoms with Crippen molar-refractivity contribution in [1.82, 2.24) is 0 Å². The smallest absolute Gasteiger partial charge is 0.307 e. The van der Waals surface area contributed by atoms with Crippen molar-refractivity contribution in [2.24, 2.45) is 0 Å². The minimum Gasteiger partial charge on any atom is -0.508 e.